The van der Waals surface area contributed by atoms with Gasteiger partial charge in [0, 0.05) is 25.3 Å². The first-order valence-electron chi connectivity index (χ1n) is 10.2. The molecule has 29 heavy (non-hydrogen) atoms. The van der Waals surface area contributed by atoms with Crippen LogP contribution in [0.5, 0.6) is 0 Å². The van der Waals surface area contributed by atoms with Crippen LogP contribution in [0.4, 0.5) is 11.6 Å². The normalized spacial score (nSPS) is 15.6. The van der Waals surface area contributed by atoms with Crippen molar-refractivity contribution >= 4 is 29.3 Å². The monoisotopic (exact) mass is 417 g/mol. The summed E-state index contributed by atoms with van der Waals surface area (Å²) in [6, 6.07) is 6.14. The largest absolute Gasteiger partial charge is 0.378 e. The van der Waals surface area contributed by atoms with Crippen LogP contribution in [0.3, 0.4) is 0 Å². The second-order valence-corrected chi connectivity index (χ2v) is 8.88. The molecule has 1 saturated heterocycles. The fraction of sp³-hybridized carbons (Fsp3) is 0.571. The number of nitrogens with zero attached hydrogens (tertiary/aromatic N) is 4. The molecule has 2 aromatic rings. The minimum absolute atomic E-state index is 0.0234. The van der Waals surface area contributed by atoms with Gasteiger partial charge in [0.15, 0.2) is 5.16 Å². The highest BCUT2D eigenvalue weighted by atomic mass is 32.2. The highest BCUT2D eigenvalue weighted by Gasteiger charge is 2.24. The molecule has 1 aromatic carbocycles. The van der Waals surface area contributed by atoms with Crippen molar-refractivity contribution < 1.29 is 9.53 Å². The van der Waals surface area contributed by atoms with Crippen LogP contribution in [0, 0.1) is 6.92 Å². The molecule has 1 fully saturated rings. The Bertz CT molecular complexity index is 846. The van der Waals surface area contributed by atoms with Crippen LogP contribution in [0.25, 0.3) is 0 Å². The third-order valence-electron chi connectivity index (χ3n) is 5.13. The van der Waals surface area contributed by atoms with Gasteiger partial charge in [0.2, 0.25) is 11.9 Å². The number of hydrogen-bond acceptors (Lipinski definition) is 6. The van der Waals surface area contributed by atoms with Crippen molar-refractivity contribution in [3.8, 4) is 0 Å². The Hall–Kier alpha value is -2.06. The summed E-state index contributed by atoms with van der Waals surface area (Å²) in [6.45, 7) is 14.1. The van der Waals surface area contributed by atoms with Crippen LogP contribution < -0.4 is 10.2 Å². The summed E-state index contributed by atoms with van der Waals surface area (Å²) in [4.78, 5) is 15.1. The minimum Gasteiger partial charge on any atom is -0.378 e. The Balaban J connectivity index is 1.73. The Labute approximate surface area is 177 Å². The van der Waals surface area contributed by atoms with Crippen molar-refractivity contribution in [2.75, 3.05) is 36.5 Å². The van der Waals surface area contributed by atoms with Gasteiger partial charge in [-0.05, 0) is 37.8 Å². The van der Waals surface area contributed by atoms with Crippen LogP contribution in [0.15, 0.2) is 23.4 Å². The van der Waals surface area contributed by atoms with Crippen LogP contribution in [-0.2, 0) is 16.1 Å². The SMILES string of the molecule is CCn1c(S[C@H](C)C(=O)Nc2c(C)cccc2C(C)C)nnc1N1CCOCC1. The van der Waals surface area contributed by atoms with Crippen molar-refractivity contribution in [2.45, 2.75) is 57.5 Å². The number of nitrogens with one attached hydrogen (secondary N) is 1. The third kappa shape index (κ3) is 4.93. The topological polar surface area (TPSA) is 72.3 Å². The van der Waals surface area contributed by atoms with Gasteiger partial charge in [0.1, 0.15) is 0 Å². The number of carbonyl (C=O) groups excluding carboxylic acids is 1. The van der Waals surface area contributed by atoms with Crippen LogP contribution in [0.1, 0.15) is 44.7 Å². The van der Waals surface area contributed by atoms with E-state index in [0.717, 1.165) is 47.6 Å². The number of morpholine rings is 1. The minimum atomic E-state index is -0.290. The molecule has 1 aliphatic rings. The highest BCUT2D eigenvalue weighted by Crippen LogP contribution is 2.30. The molecule has 7 nitrogen and oxygen atoms in total. The van der Waals surface area contributed by atoms with E-state index < -0.39 is 0 Å². The lowest BCUT2D eigenvalue weighted by Gasteiger charge is -2.27. The number of amides is 1. The molecule has 0 spiro atoms. The maximum atomic E-state index is 12.9. The molecule has 2 heterocycles. The van der Waals surface area contributed by atoms with E-state index in [4.69, 9.17) is 4.74 Å². The van der Waals surface area contributed by atoms with Gasteiger partial charge in [-0.1, -0.05) is 43.8 Å². The predicted molar refractivity (Wildman–Crippen MR) is 118 cm³/mol. The van der Waals surface area contributed by atoms with Gasteiger partial charge in [0.05, 0.1) is 18.5 Å². The third-order valence-corrected chi connectivity index (χ3v) is 6.21. The Morgan fingerprint density at radius 2 is 1.97 bits per heavy atom. The average Bonchev–Trinajstić information content (AvgIpc) is 3.12. The Kier molecular flexibility index (Phi) is 7.18. The van der Waals surface area contributed by atoms with Gasteiger partial charge in [-0.15, -0.1) is 10.2 Å². The highest BCUT2D eigenvalue weighted by molar-refractivity contribution is 8.00. The molecule has 1 N–H and O–H groups in total. The van der Waals surface area contributed by atoms with Crippen molar-refractivity contribution in [3.63, 3.8) is 0 Å². The van der Waals surface area contributed by atoms with E-state index in [1.165, 1.54) is 11.8 Å². The number of benzene rings is 1. The molecule has 158 valence electrons. The summed E-state index contributed by atoms with van der Waals surface area (Å²) in [5, 5.41) is 12.4. The van der Waals surface area contributed by atoms with E-state index in [0.29, 0.717) is 19.1 Å². The molecule has 0 aliphatic carbocycles. The maximum absolute atomic E-state index is 12.9. The molecular formula is C21H31N5O2S. The zero-order valence-corrected chi connectivity index (χ0v) is 18.8. The number of thioether (sulfide) groups is 1. The van der Waals surface area contributed by atoms with E-state index >= 15 is 0 Å². The Morgan fingerprint density at radius 1 is 1.24 bits per heavy atom. The summed E-state index contributed by atoms with van der Waals surface area (Å²) in [5.41, 5.74) is 3.15. The molecule has 3 rings (SSSR count). The molecular weight excluding hydrogens is 386 g/mol. The van der Waals surface area contributed by atoms with E-state index in [2.05, 4.69) is 51.8 Å². The molecule has 0 unspecified atom stereocenters. The molecule has 1 atom stereocenters. The number of hydrogen-bond donors (Lipinski definition) is 1. The first-order valence-corrected chi connectivity index (χ1v) is 11.1. The second kappa shape index (κ2) is 9.63. The first kappa shape index (κ1) is 21.6. The van der Waals surface area contributed by atoms with Gasteiger partial charge >= 0.3 is 0 Å². The lowest BCUT2D eigenvalue weighted by molar-refractivity contribution is -0.115. The summed E-state index contributed by atoms with van der Waals surface area (Å²) < 4.78 is 7.51. The van der Waals surface area contributed by atoms with Crippen LogP contribution >= 0.6 is 11.8 Å². The molecule has 1 aromatic heterocycles. The summed E-state index contributed by atoms with van der Waals surface area (Å²) in [6.07, 6.45) is 0. The lowest BCUT2D eigenvalue weighted by atomic mass is 9.98. The van der Waals surface area contributed by atoms with Gasteiger partial charge in [0.25, 0.3) is 0 Å². The van der Waals surface area contributed by atoms with E-state index in [-0.39, 0.29) is 11.2 Å². The number of anilines is 2. The number of ether oxygens (including phenoxy) is 1. The number of para-hydroxylation sites is 1. The van der Waals surface area contributed by atoms with Gasteiger partial charge in [-0.25, -0.2) is 0 Å². The smallest absolute Gasteiger partial charge is 0.237 e. The molecule has 0 bridgehead atoms. The fourth-order valence-electron chi connectivity index (χ4n) is 3.42. The van der Waals surface area contributed by atoms with E-state index in [9.17, 15) is 4.79 Å². The first-order chi connectivity index (χ1) is 13.9. The van der Waals surface area contributed by atoms with E-state index in [1.807, 2.05) is 26.0 Å². The number of carbonyl (C=O) groups is 1. The van der Waals surface area contributed by atoms with Gasteiger partial charge in [-0.3, -0.25) is 9.36 Å². The number of aromatic nitrogens is 3. The summed E-state index contributed by atoms with van der Waals surface area (Å²) in [7, 11) is 0. The van der Waals surface area contributed by atoms with Crippen molar-refractivity contribution in [1.29, 1.82) is 0 Å². The lowest BCUT2D eigenvalue weighted by Crippen LogP contribution is -2.38. The van der Waals surface area contributed by atoms with Gasteiger partial charge < -0.3 is 15.0 Å². The van der Waals surface area contributed by atoms with Crippen LogP contribution in [0.2, 0.25) is 0 Å². The summed E-state index contributed by atoms with van der Waals surface area (Å²) >= 11 is 1.45. The fourth-order valence-corrected chi connectivity index (χ4v) is 4.33. The zero-order chi connectivity index (χ0) is 21.0. The standard InChI is InChI=1S/C21H31N5O2S/c1-6-26-20(25-10-12-28-13-11-25)23-24-21(26)29-16(5)19(27)22-18-15(4)8-7-9-17(18)14(2)3/h7-9,14,16H,6,10-13H2,1-5H3,(H,22,27)/t16-/m1/s1. The van der Waals surface area contributed by atoms with Gasteiger partial charge in [-0.2, -0.15) is 0 Å². The summed E-state index contributed by atoms with van der Waals surface area (Å²) in [5.74, 6) is 1.17. The Morgan fingerprint density at radius 3 is 2.62 bits per heavy atom. The molecule has 0 radical (unpaired) electrons. The number of rotatable bonds is 7. The van der Waals surface area contributed by atoms with Crippen LogP contribution in [-0.4, -0.2) is 52.2 Å². The quantitative estimate of drug-likeness (QED) is 0.693. The number of aryl methyl sites for hydroxylation is 1. The molecule has 1 aliphatic heterocycles. The van der Waals surface area contributed by atoms with Crippen molar-refractivity contribution in [3.05, 3.63) is 29.3 Å². The molecule has 0 saturated carbocycles. The zero-order valence-electron chi connectivity index (χ0n) is 17.9. The second-order valence-electron chi connectivity index (χ2n) is 7.57. The molecule has 8 heteroatoms. The maximum Gasteiger partial charge on any atom is 0.237 e. The van der Waals surface area contributed by atoms with Crippen molar-refractivity contribution in [2.24, 2.45) is 0 Å². The predicted octanol–water partition coefficient (Wildman–Crippen LogP) is 3.69. The van der Waals surface area contributed by atoms with E-state index in [1.54, 1.807) is 0 Å². The molecule has 1 amide bonds. The van der Waals surface area contributed by atoms with Crippen molar-refractivity contribution in [1.82, 2.24) is 14.8 Å². The average molecular weight is 418 g/mol.